The molecule has 0 spiro atoms. The highest BCUT2D eigenvalue weighted by Gasteiger charge is 2.31. The van der Waals surface area contributed by atoms with Crippen LogP contribution in [0.25, 0.3) is 22.3 Å². The van der Waals surface area contributed by atoms with Crippen LogP contribution in [0.4, 0.5) is 0 Å². The third-order valence-corrected chi connectivity index (χ3v) is 6.50. The number of phenolic OH excluding ortho intramolecular Hbond substituents is 5. The van der Waals surface area contributed by atoms with Gasteiger partial charge in [0.25, 0.3) is 0 Å². The van der Waals surface area contributed by atoms with Crippen LogP contribution in [0, 0.1) is 0 Å². The number of ether oxygens (including phenoxy) is 2. The van der Waals surface area contributed by atoms with Gasteiger partial charge in [-0.25, -0.2) is 0 Å². The molecule has 200 valence electrons. The molecule has 1 aromatic heterocycles. The quantitative estimate of drug-likeness (QED) is 0.197. The first-order chi connectivity index (χ1) is 19.2. The molecule has 1 aliphatic heterocycles. The van der Waals surface area contributed by atoms with E-state index >= 15 is 0 Å². The zero-order valence-corrected chi connectivity index (χ0v) is 20.5. The SMILES string of the molecule is O=C1CC(c2ccc(O)c(Oc3ccc(-c4cc(=O)c5c(O)cc(O)cc5o4)cc3)c2)Oc2cc(O)cc(O)c21. The van der Waals surface area contributed by atoms with Gasteiger partial charge in [0.1, 0.15) is 62.9 Å². The maximum absolute atomic E-state index is 12.7. The average Bonchev–Trinajstić information content (AvgIpc) is 2.89. The molecule has 5 N–H and O–H groups in total. The second-order valence-corrected chi connectivity index (χ2v) is 9.24. The van der Waals surface area contributed by atoms with E-state index in [4.69, 9.17) is 13.9 Å². The van der Waals surface area contributed by atoms with Crippen LogP contribution in [-0.2, 0) is 0 Å². The first kappa shape index (κ1) is 24.7. The van der Waals surface area contributed by atoms with Crippen molar-refractivity contribution in [3.8, 4) is 57.3 Å². The Balaban J connectivity index is 1.26. The van der Waals surface area contributed by atoms with E-state index in [0.29, 0.717) is 16.9 Å². The lowest BCUT2D eigenvalue weighted by molar-refractivity contribution is 0.0844. The second kappa shape index (κ2) is 9.28. The Bertz CT molecular complexity index is 1870. The van der Waals surface area contributed by atoms with Gasteiger partial charge in [0.15, 0.2) is 22.7 Å². The molecule has 0 saturated carbocycles. The summed E-state index contributed by atoms with van der Waals surface area (Å²) >= 11 is 0. The molecule has 4 aromatic carbocycles. The minimum Gasteiger partial charge on any atom is -0.508 e. The van der Waals surface area contributed by atoms with Crippen LogP contribution >= 0.6 is 0 Å². The van der Waals surface area contributed by atoms with Crippen LogP contribution in [-0.4, -0.2) is 31.3 Å². The Morgan fingerprint density at radius 3 is 2.25 bits per heavy atom. The van der Waals surface area contributed by atoms with Gasteiger partial charge in [0, 0.05) is 35.9 Å². The molecule has 2 heterocycles. The molecule has 0 saturated heterocycles. The van der Waals surface area contributed by atoms with Crippen LogP contribution in [0.1, 0.15) is 28.4 Å². The molecular formula is C30H20O10. The number of carbonyl (C=O) groups is 1. The van der Waals surface area contributed by atoms with Crippen LogP contribution < -0.4 is 14.9 Å². The van der Waals surface area contributed by atoms with E-state index in [2.05, 4.69) is 0 Å². The molecule has 1 unspecified atom stereocenters. The predicted octanol–water partition coefficient (Wildman–Crippen LogP) is 5.49. The minimum absolute atomic E-state index is 0.000224. The van der Waals surface area contributed by atoms with Crippen molar-refractivity contribution in [3.63, 3.8) is 0 Å². The van der Waals surface area contributed by atoms with E-state index < -0.39 is 11.5 Å². The maximum Gasteiger partial charge on any atom is 0.197 e. The molecule has 0 amide bonds. The van der Waals surface area contributed by atoms with E-state index in [9.17, 15) is 35.1 Å². The van der Waals surface area contributed by atoms with Gasteiger partial charge in [-0.3, -0.25) is 9.59 Å². The number of benzene rings is 4. The summed E-state index contributed by atoms with van der Waals surface area (Å²) in [4.78, 5) is 25.2. The predicted molar refractivity (Wildman–Crippen MR) is 142 cm³/mol. The Hall–Kier alpha value is -5.64. The summed E-state index contributed by atoms with van der Waals surface area (Å²) in [5.74, 6) is -1.08. The highest BCUT2D eigenvalue weighted by Crippen LogP contribution is 2.43. The standard InChI is InChI=1S/C30H20O10/c31-16-8-20(34)29-22(36)12-24(39-27(29)10-16)14-1-4-18(5-2-14)38-26-7-15(3-6-19(26)33)25-13-23(37)30-21(35)9-17(32)11-28(30)40-25/h1-12,25,31-35H,13H2. The summed E-state index contributed by atoms with van der Waals surface area (Å²) in [5, 5.41) is 49.9. The zero-order valence-electron chi connectivity index (χ0n) is 20.5. The fraction of sp³-hybridized carbons (Fsp3) is 0.0667. The van der Waals surface area contributed by atoms with Crippen molar-refractivity contribution >= 4 is 16.8 Å². The molecule has 40 heavy (non-hydrogen) atoms. The zero-order chi connectivity index (χ0) is 28.1. The summed E-state index contributed by atoms with van der Waals surface area (Å²) in [6.07, 6.45) is -0.822. The lowest BCUT2D eigenvalue weighted by Gasteiger charge is -2.26. The molecule has 1 atom stereocenters. The van der Waals surface area contributed by atoms with Crippen LogP contribution in [0.15, 0.2) is 82.0 Å². The van der Waals surface area contributed by atoms with Crippen molar-refractivity contribution in [2.75, 3.05) is 0 Å². The molecule has 10 nitrogen and oxygen atoms in total. The van der Waals surface area contributed by atoms with Gasteiger partial charge in [-0.1, -0.05) is 6.07 Å². The van der Waals surface area contributed by atoms with Gasteiger partial charge in [-0.05, 0) is 42.0 Å². The second-order valence-electron chi connectivity index (χ2n) is 9.24. The Kier molecular flexibility index (Phi) is 5.73. The fourth-order valence-corrected chi connectivity index (χ4v) is 4.63. The number of hydrogen-bond acceptors (Lipinski definition) is 10. The maximum atomic E-state index is 12.7. The number of aromatic hydroxyl groups is 5. The molecular weight excluding hydrogens is 520 g/mol. The number of hydrogen-bond donors (Lipinski definition) is 5. The summed E-state index contributed by atoms with van der Waals surface area (Å²) in [7, 11) is 0. The van der Waals surface area contributed by atoms with Crippen molar-refractivity contribution < 1.29 is 44.2 Å². The van der Waals surface area contributed by atoms with Gasteiger partial charge < -0.3 is 39.4 Å². The molecule has 0 radical (unpaired) electrons. The summed E-state index contributed by atoms with van der Waals surface area (Å²) < 4.78 is 17.5. The Labute approximate surface area is 225 Å². The van der Waals surface area contributed by atoms with Gasteiger partial charge >= 0.3 is 0 Å². The number of phenols is 5. The Morgan fingerprint density at radius 2 is 1.48 bits per heavy atom. The van der Waals surface area contributed by atoms with Crippen LogP contribution in [0.3, 0.4) is 0 Å². The summed E-state index contributed by atoms with van der Waals surface area (Å²) in [6, 6.07) is 16.8. The minimum atomic E-state index is -0.749. The first-order valence-corrected chi connectivity index (χ1v) is 12.0. The number of carbonyl (C=O) groups excluding carboxylic acids is 1. The van der Waals surface area contributed by atoms with Gasteiger partial charge in [-0.15, -0.1) is 0 Å². The third kappa shape index (κ3) is 4.37. The van der Waals surface area contributed by atoms with Crippen molar-refractivity contribution in [1.82, 2.24) is 0 Å². The summed E-state index contributed by atoms with van der Waals surface area (Å²) in [5.41, 5.74) is 0.591. The smallest absolute Gasteiger partial charge is 0.197 e. The van der Waals surface area contributed by atoms with Gasteiger partial charge in [0.05, 0.1) is 6.42 Å². The Morgan fingerprint density at radius 1 is 0.750 bits per heavy atom. The number of rotatable bonds is 4. The topological polar surface area (TPSA) is 167 Å². The average molecular weight is 540 g/mol. The van der Waals surface area contributed by atoms with E-state index in [-0.39, 0.29) is 74.7 Å². The first-order valence-electron chi connectivity index (χ1n) is 12.0. The van der Waals surface area contributed by atoms with Gasteiger partial charge in [0.2, 0.25) is 0 Å². The van der Waals surface area contributed by atoms with Gasteiger partial charge in [-0.2, -0.15) is 0 Å². The monoisotopic (exact) mass is 540 g/mol. The third-order valence-electron chi connectivity index (χ3n) is 6.50. The molecule has 0 bridgehead atoms. The number of Topliss-reactive ketones (excluding diaryl/α,β-unsaturated/α-hetero) is 1. The molecule has 0 fully saturated rings. The lowest BCUT2D eigenvalue weighted by atomic mass is 9.95. The molecule has 6 rings (SSSR count). The largest absolute Gasteiger partial charge is 0.508 e. The highest BCUT2D eigenvalue weighted by atomic mass is 16.5. The fourth-order valence-electron chi connectivity index (χ4n) is 4.63. The van der Waals surface area contributed by atoms with E-state index in [0.717, 1.165) is 12.1 Å². The van der Waals surface area contributed by atoms with Crippen molar-refractivity contribution in [2.45, 2.75) is 12.5 Å². The molecule has 0 aliphatic carbocycles. The van der Waals surface area contributed by atoms with Crippen LogP contribution in [0.2, 0.25) is 0 Å². The number of ketones is 1. The van der Waals surface area contributed by atoms with Crippen LogP contribution in [0.5, 0.6) is 46.0 Å². The molecule has 10 heteroatoms. The lowest BCUT2D eigenvalue weighted by Crippen LogP contribution is -2.20. The summed E-state index contributed by atoms with van der Waals surface area (Å²) in [6.45, 7) is 0. The number of fused-ring (bicyclic) bond motifs is 2. The van der Waals surface area contributed by atoms with Crippen molar-refractivity contribution in [3.05, 3.63) is 94.1 Å². The molecule has 1 aliphatic rings. The van der Waals surface area contributed by atoms with E-state index in [1.165, 1.54) is 30.3 Å². The van der Waals surface area contributed by atoms with Crippen molar-refractivity contribution in [1.29, 1.82) is 0 Å². The highest BCUT2D eigenvalue weighted by molar-refractivity contribution is 6.02. The normalized spacial score (nSPS) is 14.5. The van der Waals surface area contributed by atoms with E-state index in [1.54, 1.807) is 30.3 Å². The molecule has 5 aromatic rings. The van der Waals surface area contributed by atoms with Crippen molar-refractivity contribution in [2.24, 2.45) is 0 Å². The van der Waals surface area contributed by atoms with E-state index in [1.807, 2.05) is 0 Å².